The fourth-order valence-electron chi connectivity index (χ4n) is 4.74. The van der Waals surface area contributed by atoms with E-state index >= 15 is 0 Å². The molecule has 4 aliphatic carbocycles. The van der Waals surface area contributed by atoms with Gasteiger partial charge in [-0.2, -0.15) is 0 Å². The Hall–Kier alpha value is -2.02. The third kappa shape index (κ3) is 2.60. The molecular weight excluding hydrogens is 402 g/mol. The summed E-state index contributed by atoms with van der Waals surface area (Å²) in [5, 5.41) is 12.6. The highest BCUT2D eigenvalue weighted by atomic mass is 79.9. The number of rotatable bonds is 5. The summed E-state index contributed by atoms with van der Waals surface area (Å²) < 4.78 is 11.3. The van der Waals surface area contributed by atoms with Crippen LogP contribution >= 0.6 is 15.9 Å². The van der Waals surface area contributed by atoms with Gasteiger partial charge < -0.3 is 19.9 Å². The maximum Gasteiger partial charge on any atom is 0.307 e. The van der Waals surface area contributed by atoms with Gasteiger partial charge in [-0.15, -0.1) is 0 Å². The number of carbonyl (C=O) groups is 2. The molecule has 1 aromatic rings. The van der Waals surface area contributed by atoms with Crippen molar-refractivity contribution in [1.82, 2.24) is 0 Å². The van der Waals surface area contributed by atoms with Crippen LogP contribution in [0, 0.1) is 35.5 Å². The first-order valence-electron chi connectivity index (χ1n) is 8.59. The van der Waals surface area contributed by atoms with Crippen molar-refractivity contribution in [3.8, 4) is 11.5 Å². The maximum absolute atomic E-state index is 13.1. The molecule has 1 aromatic carbocycles. The number of fused-ring (bicyclic) bond motifs is 1. The lowest BCUT2D eigenvalue weighted by Crippen LogP contribution is -2.48. The van der Waals surface area contributed by atoms with Crippen molar-refractivity contribution >= 4 is 33.5 Å². The summed E-state index contributed by atoms with van der Waals surface area (Å²) in [6.45, 7) is 0. The zero-order chi connectivity index (χ0) is 18.6. The summed E-state index contributed by atoms with van der Waals surface area (Å²) in [5.74, 6) is -0.534. The molecular formula is C19H20BrNO5. The van der Waals surface area contributed by atoms with Crippen LogP contribution in [-0.4, -0.2) is 31.2 Å². The van der Waals surface area contributed by atoms with E-state index in [0.717, 1.165) is 6.42 Å². The number of benzene rings is 1. The SMILES string of the molecule is COc1cc(NC(=O)[C@@H]2[C@H]3C=C[C@H]([C@H]4C[C@H]34)[C@@H]2C(=O)O)c(OC)cc1Br. The van der Waals surface area contributed by atoms with Crippen LogP contribution in [0.15, 0.2) is 28.8 Å². The Morgan fingerprint density at radius 2 is 1.69 bits per heavy atom. The van der Waals surface area contributed by atoms with E-state index in [9.17, 15) is 14.7 Å². The number of anilines is 1. The molecule has 0 spiro atoms. The highest BCUT2D eigenvalue weighted by Crippen LogP contribution is 2.63. The highest BCUT2D eigenvalue weighted by molar-refractivity contribution is 9.10. The Morgan fingerprint density at radius 3 is 2.27 bits per heavy atom. The molecule has 1 amide bonds. The summed E-state index contributed by atoms with van der Waals surface area (Å²) in [5.41, 5.74) is 0.472. The summed E-state index contributed by atoms with van der Waals surface area (Å²) in [6, 6.07) is 3.39. The molecule has 2 N–H and O–H groups in total. The van der Waals surface area contributed by atoms with E-state index in [-0.39, 0.29) is 17.7 Å². The molecule has 7 heteroatoms. The molecule has 4 aliphatic rings. The van der Waals surface area contributed by atoms with E-state index in [1.165, 1.54) is 14.2 Å². The van der Waals surface area contributed by atoms with Crippen molar-refractivity contribution < 1.29 is 24.2 Å². The number of carboxylic acid groups (broad SMARTS) is 1. The number of halogens is 1. The Bertz CT molecular complexity index is 807. The topological polar surface area (TPSA) is 84.9 Å². The van der Waals surface area contributed by atoms with E-state index in [1.54, 1.807) is 12.1 Å². The number of methoxy groups -OCH3 is 2. The normalized spacial score (nSPS) is 33.3. The molecule has 0 unspecified atom stereocenters. The van der Waals surface area contributed by atoms with Crippen LogP contribution in [0.1, 0.15) is 6.42 Å². The Balaban J connectivity index is 1.64. The second-order valence-corrected chi connectivity index (χ2v) is 8.02. The third-order valence-electron chi connectivity index (χ3n) is 5.97. The molecule has 138 valence electrons. The predicted molar refractivity (Wildman–Crippen MR) is 98.2 cm³/mol. The number of aliphatic carboxylic acids is 1. The minimum atomic E-state index is -0.893. The lowest BCUT2D eigenvalue weighted by atomic mass is 9.62. The quantitative estimate of drug-likeness (QED) is 0.713. The fourth-order valence-corrected chi connectivity index (χ4v) is 5.23. The average molecular weight is 422 g/mol. The third-order valence-corrected chi connectivity index (χ3v) is 6.59. The number of ether oxygens (including phenoxy) is 2. The van der Waals surface area contributed by atoms with Crippen LogP contribution in [-0.2, 0) is 9.59 Å². The zero-order valence-electron chi connectivity index (χ0n) is 14.4. The lowest BCUT2D eigenvalue weighted by molar-refractivity contribution is -0.152. The number of nitrogens with one attached hydrogen (secondary N) is 1. The van der Waals surface area contributed by atoms with Gasteiger partial charge in [0.2, 0.25) is 5.91 Å². The van der Waals surface area contributed by atoms with E-state index in [2.05, 4.69) is 21.2 Å². The van der Waals surface area contributed by atoms with Crippen LogP contribution in [0.25, 0.3) is 0 Å². The molecule has 0 aliphatic heterocycles. The van der Waals surface area contributed by atoms with Crippen molar-refractivity contribution in [1.29, 1.82) is 0 Å². The number of amides is 1. The minimum Gasteiger partial charge on any atom is -0.495 e. The maximum atomic E-state index is 13.1. The summed E-state index contributed by atoms with van der Waals surface area (Å²) in [7, 11) is 3.06. The van der Waals surface area contributed by atoms with Crippen LogP contribution in [0.4, 0.5) is 5.69 Å². The van der Waals surface area contributed by atoms with Crippen LogP contribution in [0.5, 0.6) is 11.5 Å². The summed E-state index contributed by atoms with van der Waals surface area (Å²) >= 11 is 3.39. The van der Waals surface area contributed by atoms with E-state index in [0.29, 0.717) is 33.5 Å². The fraction of sp³-hybridized carbons (Fsp3) is 0.474. The van der Waals surface area contributed by atoms with Gasteiger partial charge in [0.25, 0.3) is 0 Å². The molecule has 2 bridgehead atoms. The molecule has 0 saturated heterocycles. The first kappa shape index (κ1) is 17.4. The Morgan fingerprint density at radius 1 is 1.08 bits per heavy atom. The molecule has 26 heavy (non-hydrogen) atoms. The molecule has 0 heterocycles. The number of carboxylic acids is 1. The monoisotopic (exact) mass is 421 g/mol. The van der Waals surface area contributed by atoms with Crippen molar-refractivity contribution in [2.75, 3.05) is 19.5 Å². The predicted octanol–water partition coefficient (Wildman–Crippen LogP) is 3.17. The first-order chi connectivity index (χ1) is 12.5. The molecule has 5 rings (SSSR count). The average Bonchev–Trinajstić information content (AvgIpc) is 3.44. The van der Waals surface area contributed by atoms with Crippen molar-refractivity contribution in [3.05, 3.63) is 28.8 Å². The van der Waals surface area contributed by atoms with Gasteiger partial charge in [0.05, 0.1) is 36.2 Å². The molecule has 0 aromatic heterocycles. The van der Waals surface area contributed by atoms with Gasteiger partial charge in [-0.1, -0.05) is 12.2 Å². The second-order valence-electron chi connectivity index (χ2n) is 7.17. The van der Waals surface area contributed by atoms with Gasteiger partial charge in [0.1, 0.15) is 11.5 Å². The van der Waals surface area contributed by atoms with Crippen LogP contribution < -0.4 is 14.8 Å². The number of allylic oxidation sites excluding steroid dienone is 2. The smallest absolute Gasteiger partial charge is 0.307 e. The Labute approximate surface area is 159 Å². The van der Waals surface area contributed by atoms with Gasteiger partial charge in [-0.3, -0.25) is 9.59 Å². The molecule has 2 fully saturated rings. The van der Waals surface area contributed by atoms with Gasteiger partial charge >= 0.3 is 5.97 Å². The standard InChI is InChI=1S/C19H20BrNO5/c1-25-14-7-13(15(26-2)6-12(14)20)21-18(22)16-8-3-4-9(11-5-10(8)11)17(16)19(23)24/h3-4,6-11,16-17H,5H2,1-2H3,(H,21,22)(H,23,24)/t8-,9+,10+,11+,16+,17-/m0/s1. The highest BCUT2D eigenvalue weighted by Gasteiger charge is 2.63. The minimum absolute atomic E-state index is 0.00515. The molecule has 6 nitrogen and oxygen atoms in total. The molecule has 2 saturated carbocycles. The van der Waals surface area contributed by atoms with Gasteiger partial charge in [0, 0.05) is 12.1 Å². The van der Waals surface area contributed by atoms with E-state index in [1.807, 2.05) is 12.2 Å². The lowest BCUT2D eigenvalue weighted by Gasteiger charge is -2.41. The second kappa shape index (κ2) is 6.30. The van der Waals surface area contributed by atoms with Crippen molar-refractivity contribution in [2.45, 2.75) is 6.42 Å². The Kier molecular flexibility index (Phi) is 4.22. The summed E-state index contributed by atoms with van der Waals surface area (Å²) in [6.07, 6.45) is 5.07. The van der Waals surface area contributed by atoms with E-state index < -0.39 is 17.8 Å². The zero-order valence-corrected chi connectivity index (χ0v) is 16.0. The number of hydrogen-bond acceptors (Lipinski definition) is 4. The van der Waals surface area contributed by atoms with Crippen molar-refractivity contribution in [2.24, 2.45) is 35.5 Å². The van der Waals surface area contributed by atoms with Crippen LogP contribution in [0.2, 0.25) is 0 Å². The largest absolute Gasteiger partial charge is 0.495 e. The molecule has 6 atom stereocenters. The van der Waals surface area contributed by atoms with Gasteiger partial charge in [0.15, 0.2) is 0 Å². The van der Waals surface area contributed by atoms with Crippen LogP contribution in [0.3, 0.4) is 0 Å². The first-order valence-corrected chi connectivity index (χ1v) is 9.39. The van der Waals surface area contributed by atoms with Gasteiger partial charge in [-0.05, 0) is 46.0 Å². The van der Waals surface area contributed by atoms with Crippen molar-refractivity contribution in [3.63, 3.8) is 0 Å². The van der Waals surface area contributed by atoms with E-state index in [4.69, 9.17) is 9.47 Å². The van der Waals surface area contributed by atoms with Gasteiger partial charge in [-0.25, -0.2) is 0 Å². The molecule has 0 radical (unpaired) electrons. The summed E-state index contributed by atoms with van der Waals surface area (Å²) in [4.78, 5) is 25.0. The number of hydrogen-bond donors (Lipinski definition) is 2. The number of carbonyl (C=O) groups excluding carboxylic acids is 1.